The summed E-state index contributed by atoms with van der Waals surface area (Å²) in [6, 6.07) is 0. The van der Waals surface area contributed by atoms with Gasteiger partial charge in [0, 0.05) is 19.8 Å². The fraction of sp³-hybridized carbons (Fsp3) is 0. The molecule has 0 aliphatic heterocycles. The molecular formula is H4I4Os. The van der Waals surface area contributed by atoms with Crippen LogP contribution in [0.15, 0.2) is 0 Å². The van der Waals surface area contributed by atoms with Crippen molar-refractivity contribution in [1.29, 1.82) is 0 Å². The zero-order valence-electron chi connectivity index (χ0n) is 1.99. The Labute approximate surface area is 113 Å². The second kappa shape index (κ2) is 25.7. The van der Waals surface area contributed by atoms with Crippen molar-refractivity contribution in [3.05, 3.63) is 0 Å². The maximum atomic E-state index is 0. The van der Waals surface area contributed by atoms with Crippen molar-refractivity contribution < 1.29 is 19.8 Å². The molecule has 0 saturated heterocycles. The van der Waals surface area contributed by atoms with Crippen LogP contribution in [0.25, 0.3) is 0 Å². The van der Waals surface area contributed by atoms with E-state index in [1.807, 2.05) is 0 Å². The number of hydrogen-bond acceptors (Lipinski definition) is 0. The average Bonchev–Trinajstić information content (AvgIpc) is 0. The molecule has 0 amide bonds. The SMILES string of the molecule is I.I.I.I.[Os]. The number of hydrogen-bond donors (Lipinski definition) is 0. The standard InChI is InChI=1S/4HI.Os/h4*1H;. The van der Waals surface area contributed by atoms with E-state index in [-0.39, 0.29) is 116 Å². The molecule has 0 unspecified atom stereocenters. The van der Waals surface area contributed by atoms with Crippen molar-refractivity contribution in [2.24, 2.45) is 0 Å². The van der Waals surface area contributed by atoms with Gasteiger partial charge >= 0.3 is 0 Å². The molecule has 0 aromatic carbocycles. The summed E-state index contributed by atoms with van der Waals surface area (Å²) in [6.45, 7) is 0. The molecule has 0 nitrogen and oxygen atoms in total. The van der Waals surface area contributed by atoms with Gasteiger partial charge in [0.25, 0.3) is 0 Å². The van der Waals surface area contributed by atoms with E-state index in [9.17, 15) is 0 Å². The Balaban J connectivity index is 0. The van der Waals surface area contributed by atoms with Crippen molar-refractivity contribution >= 4 is 95.9 Å². The van der Waals surface area contributed by atoms with Crippen LogP contribution in [0.4, 0.5) is 0 Å². The first-order valence-electron chi connectivity index (χ1n) is 0. The maximum Gasteiger partial charge on any atom is 0 e. The fourth-order valence-corrected chi connectivity index (χ4v) is 0. The summed E-state index contributed by atoms with van der Waals surface area (Å²) < 4.78 is 0. The van der Waals surface area contributed by atoms with Gasteiger partial charge in [0.05, 0.1) is 0 Å². The van der Waals surface area contributed by atoms with Gasteiger partial charge in [-0.2, -0.15) is 0 Å². The van der Waals surface area contributed by atoms with E-state index >= 15 is 0 Å². The molecule has 0 radical (unpaired) electrons. The first kappa shape index (κ1) is 38.6. The Morgan fingerprint density at radius 3 is 0.400 bits per heavy atom. The molecule has 0 heterocycles. The largest absolute Gasteiger partial charge is 0.107 e. The van der Waals surface area contributed by atoms with Gasteiger partial charge in [0.15, 0.2) is 0 Å². The Morgan fingerprint density at radius 2 is 0.400 bits per heavy atom. The average molecular weight is 702 g/mol. The third-order valence-corrected chi connectivity index (χ3v) is 0. The normalized spacial score (nSPS) is 0. The van der Waals surface area contributed by atoms with E-state index < -0.39 is 0 Å². The topological polar surface area (TPSA) is 0 Å². The molecule has 0 fully saturated rings. The first-order valence-corrected chi connectivity index (χ1v) is 0. The molecule has 0 bridgehead atoms. The predicted molar refractivity (Wildman–Crippen MR) is 61.7 cm³/mol. The van der Waals surface area contributed by atoms with Crippen molar-refractivity contribution in [2.75, 3.05) is 0 Å². The van der Waals surface area contributed by atoms with E-state index in [4.69, 9.17) is 0 Å². The van der Waals surface area contributed by atoms with Crippen LogP contribution >= 0.6 is 95.9 Å². The monoisotopic (exact) mass is 704 g/mol. The summed E-state index contributed by atoms with van der Waals surface area (Å²) in [5.41, 5.74) is 0. The minimum Gasteiger partial charge on any atom is -0.107 e. The van der Waals surface area contributed by atoms with E-state index in [1.165, 1.54) is 0 Å². The summed E-state index contributed by atoms with van der Waals surface area (Å²) in [4.78, 5) is 0. The molecule has 0 aromatic rings. The van der Waals surface area contributed by atoms with Crippen LogP contribution in [0.5, 0.6) is 0 Å². The van der Waals surface area contributed by atoms with Gasteiger partial charge in [-0.05, 0) is 0 Å². The van der Waals surface area contributed by atoms with Crippen molar-refractivity contribution in [1.82, 2.24) is 0 Å². The summed E-state index contributed by atoms with van der Waals surface area (Å²) in [7, 11) is 0. The number of halogens is 4. The summed E-state index contributed by atoms with van der Waals surface area (Å²) in [5.74, 6) is 0. The van der Waals surface area contributed by atoms with Crippen molar-refractivity contribution in [2.45, 2.75) is 0 Å². The molecule has 5 heavy (non-hydrogen) atoms. The second-order valence-electron chi connectivity index (χ2n) is 0. The van der Waals surface area contributed by atoms with Gasteiger partial charge in [0.1, 0.15) is 0 Å². The summed E-state index contributed by atoms with van der Waals surface area (Å²) in [5, 5.41) is 0. The van der Waals surface area contributed by atoms with E-state index in [2.05, 4.69) is 0 Å². The van der Waals surface area contributed by atoms with E-state index in [1.54, 1.807) is 0 Å². The quantitative estimate of drug-likeness (QED) is 0.341. The second-order valence-corrected chi connectivity index (χ2v) is 0. The van der Waals surface area contributed by atoms with Crippen molar-refractivity contribution in [3.8, 4) is 0 Å². The molecule has 5 heteroatoms. The Kier molecular flexibility index (Phi) is 198. The molecule has 0 N–H and O–H groups in total. The molecule has 0 aliphatic rings. The Bertz CT molecular complexity index is 3.61. The van der Waals surface area contributed by atoms with Gasteiger partial charge < -0.3 is 0 Å². The Hall–Kier alpha value is 3.56. The predicted octanol–water partition coefficient (Wildman–Crippen LogP) is 2.47. The molecule has 0 spiro atoms. The molecule has 0 saturated carbocycles. The number of rotatable bonds is 0. The zero-order chi connectivity index (χ0) is 0. The van der Waals surface area contributed by atoms with Crippen LogP contribution in [-0.4, -0.2) is 0 Å². The fourth-order valence-electron chi connectivity index (χ4n) is 0. The van der Waals surface area contributed by atoms with Crippen LogP contribution in [0.1, 0.15) is 0 Å². The zero-order valence-corrected chi connectivity index (χ0v) is 13.8. The molecule has 40 valence electrons. The van der Waals surface area contributed by atoms with Crippen LogP contribution < -0.4 is 0 Å². The van der Waals surface area contributed by atoms with Crippen molar-refractivity contribution in [3.63, 3.8) is 0 Å². The van der Waals surface area contributed by atoms with Gasteiger partial charge in [-0.15, -0.1) is 95.9 Å². The van der Waals surface area contributed by atoms with Crippen LogP contribution in [0, 0.1) is 0 Å². The third-order valence-electron chi connectivity index (χ3n) is 0. The van der Waals surface area contributed by atoms with Crippen LogP contribution in [-0.2, 0) is 19.8 Å². The minimum atomic E-state index is 0. The summed E-state index contributed by atoms with van der Waals surface area (Å²) >= 11 is 0. The van der Waals surface area contributed by atoms with Gasteiger partial charge in [0.2, 0.25) is 0 Å². The smallest absolute Gasteiger partial charge is 0 e. The van der Waals surface area contributed by atoms with Gasteiger partial charge in [-0.1, -0.05) is 0 Å². The molecule has 0 atom stereocenters. The first-order chi connectivity index (χ1) is 0. The maximum absolute atomic E-state index is 0. The van der Waals surface area contributed by atoms with Crippen LogP contribution in [0.2, 0.25) is 0 Å². The molecule has 0 aromatic heterocycles. The summed E-state index contributed by atoms with van der Waals surface area (Å²) in [6.07, 6.45) is 0. The van der Waals surface area contributed by atoms with E-state index in [0.717, 1.165) is 0 Å². The Morgan fingerprint density at radius 1 is 0.400 bits per heavy atom. The van der Waals surface area contributed by atoms with Gasteiger partial charge in [-0.25, -0.2) is 0 Å². The molecular weight excluding hydrogens is 698 g/mol. The van der Waals surface area contributed by atoms with E-state index in [0.29, 0.717) is 0 Å². The molecule has 0 aliphatic carbocycles. The molecule has 0 rings (SSSR count). The third kappa shape index (κ3) is 18.4. The van der Waals surface area contributed by atoms with Gasteiger partial charge in [-0.3, -0.25) is 0 Å². The van der Waals surface area contributed by atoms with Crippen LogP contribution in [0.3, 0.4) is 0 Å². The minimum absolute atomic E-state index is 0.